The molecule has 0 aliphatic carbocycles. The van der Waals surface area contributed by atoms with Crippen molar-refractivity contribution >= 4 is 5.91 Å². The molecule has 1 aliphatic rings. The van der Waals surface area contributed by atoms with Crippen molar-refractivity contribution in [1.82, 2.24) is 4.98 Å². The molecule has 1 amide bonds. The molecule has 18 heavy (non-hydrogen) atoms. The van der Waals surface area contributed by atoms with Gasteiger partial charge in [-0.3, -0.25) is 9.78 Å². The van der Waals surface area contributed by atoms with E-state index in [1.165, 1.54) is 0 Å². The van der Waals surface area contributed by atoms with E-state index in [2.05, 4.69) is 15.2 Å². The molecule has 0 spiro atoms. The van der Waals surface area contributed by atoms with Crippen LogP contribution in [0.15, 0.2) is 58.9 Å². The molecule has 4 heteroatoms. The Labute approximate surface area is 104 Å². The number of nitrogens with zero attached hydrogens (tertiary/aromatic N) is 3. The summed E-state index contributed by atoms with van der Waals surface area (Å²) in [5, 5.41) is 7.79. The maximum Gasteiger partial charge on any atom is 0.295 e. The van der Waals surface area contributed by atoms with Crippen molar-refractivity contribution in [3.63, 3.8) is 0 Å². The van der Waals surface area contributed by atoms with Gasteiger partial charge in [-0.15, -0.1) is 5.11 Å². The van der Waals surface area contributed by atoms with Gasteiger partial charge in [0, 0.05) is 23.9 Å². The van der Waals surface area contributed by atoms with Gasteiger partial charge in [-0.2, -0.15) is 5.11 Å². The Bertz CT molecular complexity index is 607. The number of carbonyl (C=O) groups is 1. The molecule has 2 heterocycles. The molecule has 1 aliphatic heterocycles. The summed E-state index contributed by atoms with van der Waals surface area (Å²) in [6.07, 6.45) is 2.42. The third kappa shape index (κ3) is 1.93. The summed E-state index contributed by atoms with van der Waals surface area (Å²) in [6.45, 7) is 0. The Morgan fingerprint density at radius 2 is 1.89 bits per heavy atom. The van der Waals surface area contributed by atoms with Crippen LogP contribution in [0, 0.1) is 0 Å². The van der Waals surface area contributed by atoms with Crippen LogP contribution in [-0.4, -0.2) is 10.9 Å². The number of carbonyl (C=O) groups excluding carboxylic acids is 1. The van der Waals surface area contributed by atoms with E-state index >= 15 is 0 Å². The molecule has 0 bridgehead atoms. The molecule has 1 aromatic carbocycles. The van der Waals surface area contributed by atoms with E-state index in [0.717, 1.165) is 11.3 Å². The summed E-state index contributed by atoms with van der Waals surface area (Å²) in [5.41, 5.74) is 2.53. The minimum atomic E-state index is -0.261. The SMILES string of the molecule is O=C1N=NC(Cc2ccccn2)c2ccccc21. The van der Waals surface area contributed by atoms with Gasteiger partial charge in [-0.1, -0.05) is 24.3 Å². The Balaban J connectivity index is 1.95. The Morgan fingerprint density at radius 3 is 2.72 bits per heavy atom. The highest BCUT2D eigenvalue weighted by molar-refractivity contribution is 5.96. The van der Waals surface area contributed by atoms with Gasteiger partial charge < -0.3 is 0 Å². The molecule has 2 aromatic rings. The summed E-state index contributed by atoms with van der Waals surface area (Å²) >= 11 is 0. The number of rotatable bonds is 2. The first-order valence-electron chi connectivity index (χ1n) is 5.78. The van der Waals surface area contributed by atoms with E-state index in [1.54, 1.807) is 12.3 Å². The van der Waals surface area contributed by atoms with E-state index in [4.69, 9.17) is 0 Å². The van der Waals surface area contributed by atoms with Gasteiger partial charge in [0.15, 0.2) is 0 Å². The number of benzene rings is 1. The molecule has 1 aromatic heterocycles. The van der Waals surface area contributed by atoms with Crippen LogP contribution < -0.4 is 0 Å². The number of pyridine rings is 1. The van der Waals surface area contributed by atoms with Gasteiger partial charge in [0.1, 0.15) is 6.04 Å². The van der Waals surface area contributed by atoms with Gasteiger partial charge in [0.2, 0.25) is 0 Å². The summed E-state index contributed by atoms with van der Waals surface area (Å²) in [6, 6.07) is 13.1. The van der Waals surface area contributed by atoms with E-state index in [1.807, 2.05) is 36.4 Å². The lowest BCUT2D eigenvalue weighted by Crippen LogP contribution is -2.12. The van der Waals surface area contributed by atoms with E-state index < -0.39 is 0 Å². The smallest absolute Gasteiger partial charge is 0.265 e. The minimum absolute atomic E-state index is 0.117. The molecule has 0 saturated heterocycles. The molecule has 1 atom stereocenters. The zero-order valence-electron chi connectivity index (χ0n) is 9.65. The Kier molecular flexibility index (Phi) is 2.68. The van der Waals surface area contributed by atoms with E-state index in [0.29, 0.717) is 12.0 Å². The second-order valence-corrected chi connectivity index (χ2v) is 4.15. The van der Waals surface area contributed by atoms with Gasteiger partial charge in [0.05, 0.1) is 0 Å². The number of hydrogen-bond acceptors (Lipinski definition) is 3. The van der Waals surface area contributed by atoms with Crippen LogP contribution in [0.3, 0.4) is 0 Å². The highest BCUT2D eigenvalue weighted by Gasteiger charge is 2.23. The van der Waals surface area contributed by atoms with Gasteiger partial charge >= 0.3 is 0 Å². The van der Waals surface area contributed by atoms with Crippen LogP contribution in [0.2, 0.25) is 0 Å². The van der Waals surface area contributed by atoms with Crippen molar-refractivity contribution in [3.8, 4) is 0 Å². The summed E-state index contributed by atoms with van der Waals surface area (Å²) in [4.78, 5) is 15.9. The number of amides is 1. The lowest BCUT2D eigenvalue weighted by Gasteiger charge is -2.17. The fourth-order valence-electron chi connectivity index (χ4n) is 2.09. The molecule has 1 unspecified atom stereocenters. The zero-order valence-corrected chi connectivity index (χ0v) is 9.65. The highest BCUT2D eigenvalue weighted by Crippen LogP contribution is 2.29. The monoisotopic (exact) mass is 237 g/mol. The maximum absolute atomic E-state index is 11.6. The first-order valence-corrected chi connectivity index (χ1v) is 5.78. The van der Waals surface area contributed by atoms with Crippen molar-refractivity contribution < 1.29 is 4.79 Å². The van der Waals surface area contributed by atoms with Crippen molar-refractivity contribution in [2.75, 3.05) is 0 Å². The second kappa shape index (κ2) is 4.49. The number of aromatic nitrogens is 1. The molecule has 3 rings (SSSR count). The van der Waals surface area contributed by atoms with Crippen molar-refractivity contribution in [3.05, 3.63) is 65.5 Å². The molecule has 0 saturated carbocycles. The van der Waals surface area contributed by atoms with E-state index in [9.17, 15) is 4.79 Å². The highest BCUT2D eigenvalue weighted by atomic mass is 16.1. The molecule has 0 radical (unpaired) electrons. The summed E-state index contributed by atoms with van der Waals surface area (Å²) in [7, 11) is 0. The summed E-state index contributed by atoms with van der Waals surface area (Å²) < 4.78 is 0. The molecule has 4 nitrogen and oxygen atoms in total. The molecular weight excluding hydrogens is 226 g/mol. The van der Waals surface area contributed by atoms with Crippen molar-refractivity contribution in [2.45, 2.75) is 12.5 Å². The first-order chi connectivity index (χ1) is 8.84. The fraction of sp³-hybridized carbons (Fsp3) is 0.143. The van der Waals surface area contributed by atoms with Gasteiger partial charge in [-0.25, -0.2) is 0 Å². The van der Waals surface area contributed by atoms with Crippen LogP contribution in [-0.2, 0) is 6.42 Å². The molecule has 0 N–H and O–H groups in total. The third-order valence-electron chi connectivity index (χ3n) is 2.97. The number of fused-ring (bicyclic) bond motifs is 1. The van der Waals surface area contributed by atoms with Gasteiger partial charge in [0.25, 0.3) is 5.91 Å². The normalized spacial score (nSPS) is 17.6. The number of hydrogen-bond donors (Lipinski definition) is 0. The predicted octanol–water partition coefficient (Wildman–Crippen LogP) is 2.97. The number of azo groups is 1. The lowest BCUT2D eigenvalue weighted by molar-refractivity contribution is 0.0984. The largest absolute Gasteiger partial charge is 0.295 e. The first kappa shape index (κ1) is 10.8. The quantitative estimate of drug-likeness (QED) is 0.806. The molecular formula is C14H11N3O. The van der Waals surface area contributed by atoms with Crippen molar-refractivity contribution in [1.29, 1.82) is 0 Å². The summed E-state index contributed by atoms with van der Waals surface area (Å²) in [5.74, 6) is -0.261. The minimum Gasteiger partial charge on any atom is -0.265 e. The second-order valence-electron chi connectivity index (χ2n) is 4.15. The average Bonchev–Trinajstić information content (AvgIpc) is 2.44. The Hall–Kier alpha value is -2.36. The molecule has 0 fully saturated rings. The van der Waals surface area contributed by atoms with Crippen LogP contribution >= 0.6 is 0 Å². The van der Waals surface area contributed by atoms with Crippen LogP contribution in [0.4, 0.5) is 0 Å². The van der Waals surface area contributed by atoms with Crippen LogP contribution in [0.5, 0.6) is 0 Å². The average molecular weight is 237 g/mol. The van der Waals surface area contributed by atoms with Gasteiger partial charge in [-0.05, 0) is 23.8 Å². The lowest BCUT2D eigenvalue weighted by atomic mass is 9.96. The Morgan fingerprint density at radius 1 is 1.06 bits per heavy atom. The zero-order chi connectivity index (χ0) is 12.4. The third-order valence-corrected chi connectivity index (χ3v) is 2.97. The predicted molar refractivity (Wildman–Crippen MR) is 66.3 cm³/mol. The van der Waals surface area contributed by atoms with Crippen LogP contribution in [0.1, 0.15) is 27.7 Å². The fourth-order valence-corrected chi connectivity index (χ4v) is 2.09. The van der Waals surface area contributed by atoms with Crippen LogP contribution in [0.25, 0.3) is 0 Å². The maximum atomic E-state index is 11.6. The standard InChI is InChI=1S/C14H11N3O/c18-14-12-7-2-1-6-11(12)13(16-17-14)9-10-5-3-4-8-15-10/h1-8,13H,9H2. The topological polar surface area (TPSA) is 54.7 Å². The molecule has 88 valence electrons. The van der Waals surface area contributed by atoms with E-state index in [-0.39, 0.29) is 11.9 Å². The van der Waals surface area contributed by atoms with Crippen molar-refractivity contribution in [2.24, 2.45) is 10.2 Å².